The molecule has 1 rings (SSSR count). The molecule has 0 aliphatic carbocycles. The molecule has 0 amide bonds. The fourth-order valence-electron chi connectivity index (χ4n) is 1.54. The second-order valence-corrected chi connectivity index (χ2v) is 3.80. The van der Waals surface area contributed by atoms with Crippen molar-refractivity contribution in [2.75, 3.05) is 13.2 Å². The van der Waals surface area contributed by atoms with Crippen molar-refractivity contribution < 1.29 is 19.4 Å². The maximum absolute atomic E-state index is 10.4. The van der Waals surface area contributed by atoms with Crippen molar-refractivity contribution in [3.63, 3.8) is 0 Å². The fourth-order valence-corrected chi connectivity index (χ4v) is 1.54. The van der Waals surface area contributed by atoms with Gasteiger partial charge in [0.15, 0.2) is 0 Å². The number of aliphatic carboxylic acids is 1. The summed E-state index contributed by atoms with van der Waals surface area (Å²) in [5, 5.41) is 8.53. The Morgan fingerprint density at radius 3 is 2.71 bits per heavy atom. The van der Waals surface area contributed by atoms with E-state index in [1.807, 2.05) is 39.0 Å². The zero-order valence-electron chi connectivity index (χ0n) is 10.4. The van der Waals surface area contributed by atoms with Crippen molar-refractivity contribution in [3.8, 4) is 5.75 Å². The minimum Gasteiger partial charge on any atom is -0.494 e. The minimum atomic E-state index is -0.959. The van der Waals surface area contributed by atoms with E-state index in [0.29, 0.717) is 6.61 Å². The highest BCUT2D eigenvalue weighted by Crippen LogP contribution is 2.24. The molecule has 4 nitrogen and oxygen atoms in total. The zero-order valence-corrected chi connectivity index (χ0v) is 10.4. The van der Waals surface area contributed by atoms with Crippen molar-refractivity contribution in [1.82, 2.24) is 0 Å². The Kier molecular flexibility index (Phi) is 4.97. The van der Waals surface area contributed by atoms with Crippen molar-refractivity contribution >= 4 is 5.97 Å². The van der Waals surface area contributed by atoms with Crippen LogP contribution in [0, 0.1) is 6.92 Å². The molecule has 1 N–H and O–H groups in total. The van der Waals surface area contributed by atoms with E-state index >= 15 is 0 Å². The Bertz CT molecular complexity index is 387. The molecule has 1 aromatic rings. The highest BCUT2D eigenvalue weighted by Gasteiger charge is 2.09. The molecule has 0 aliphatic heterocycles. The quantitative estimate of drug-likeness (QED) is 0.827. The Hall–Kier alpha value is -1.55. The maximum atomic E-state index is 10.4. The molecule has 0 aliphatic rings. The molecule has 1 aromatic carbocycles. The summed E-state index contributed by atoms with van der Waals surface area (Å²) in [4.78, 5) is 10.4. The van der Waals surface area contributed by atoms with E-state index in [-0.39, 0.29) is 12.7 Å². The van der Waals surface area contributed by atoms with Crippen molar-refractivity contribution in [2.45, 2.75) is 26.9 Å². The van der Waals surface area contributed by atoms with E-state index < -0.39 is 5.97 Å². The van der Waals surface area contributed by atoms with Crippen molar-refractivity contribution in [1.29, 1.82) is 0 Å². The van der Waals surface area contributed by atoms with Crippen LogP contribution in [0.15, 0.2) is 18.2 Å². The van der Waals surface area contributed by atoms with Gasteiger partial charge in [0.1, 0.15) is 12.4 Å². The average Bonchev–Trinajstić information content (AvgIpc) is 2.28. The van der Waals surface area contributed by atoms with Crippen LogP contribution in [0.5, 0.6) is 5.75 Å². The first kappa shape index (κ1) is 13.5. The molecule has 4 heteroatoms. The summed E-state index contributed by atoms with van der Waals surface area (Å²) < 4.78 is 10.6. The van der Waals surface area contributed by atoms with Gasteiger partial charge in [0.25, 0.3) is 0 Å². The number of carbonyl (C=O) groups is 1. The van der Waals surface area contributed by atoms with Crippen molar-refractivity contribution in [2.24, 2.45) is 0 Å². The lowest BCUT2D eigenvalue weighted by atomic mass is 10.1. The third-order valence-electron chi connectivity index (χ3n) is 2.43. The van der Waals surface area contributed by atoms with E-state index in [1.165, 1.54) is 0 Å². The number of hydrogen-bond acceptors (Lipinski definition) is 3. The summed E-state index contributed by atoms with van der Waals surface area (Å²) in [6.07, 6.45) is -0.236. The van der Waals surface area contributed by atoms with Crippen molar-refractivity contribution in [3.05, 3.63) is 29.3 Å². The first-order valence-electron chi connectivity index (χ1n) is 5.61. The van der Waals surface area contributed by atoms with E-state index in [0.717, 1.165) is 16.9 Å². The Labute approximate surface area is 101 Å². The highest BCUT2D eigenvalue weighted by atomic mass is 16.5. The molecule has 0 bridgehead atoms. The van der Waals surface area contributed by atoms with Gasteiger partial charge in [0, 0.05) is 0 Å². The number of carboxylic acid groups (broad SMARTS) is 1. The highest BCUT2D eigenvalue weighted by molar-refractivity contribution is 5.68. The lowest BCUT2D eigenvalue weighted by Gasteiger charge is -2.14. The Balaban J connectivity index is 2.71. The summed E-state index contributed by atoms with van der Waals surface area (Å²) in [5.74, 6) is -0.110. The fraction of sp³-hybridized carbons (Fsp3) is 0.462. The molecule has 94 valence electrons. The number of carboxylic acids is 1. The number of ether oxygens (including phenoxy) is 2. The molecular formula is C13H18O4. The second-order valence-electron chi connectivity index (χ2n) is 3.80. The third-order valence-corrected chi connectivity index (χ3v) is 2.43. The number of benzene rings is 1. The number of hydrogen-bond donors (Lipinski definition) is 1. The molecule has 0 saturated carbocycles. The van der Waals surface area contributed by atoms with Gasteiger partial charge >= 0.3 is 5.97 Å². The second kappa shape index (κ2) is 6.25. The number of aryl methyl sites for hydroxylation is 1. The molecule has 0 aromatic heterocycles. The molecule has 1 unspecified atom stereocenters. The van der Waals surface area contributed by atoms with Gasteiger partial charge in [-0.15, -0.1) is 0 Å². The topological polar surface area (TPSA) is 55.8 Å². The van der Waals surface area contributed by atoms with Gasteiger partial charge in [-0.3, -0.25) is 0 Å². The van der Waals surface area contributed by atoms with Crippen LogP contribution in [0.25, 0.3) is 0 Å². The Morgan fingerprint density at radius 1 is 1.47 bits per heavy atom. The maximum Gasteiger partial charge on any atom is 0.329 e. The van der Waals surface area contributed by atoms with Gasteiger partial charge in [0.2, 0.25) is 0 Å². The molecule has 0 fully saturated rings. The van der Waals surface area contributed by atoms with E-state index in [9.17, 15) is 4.79 Å². The first-order chi connectivity index (χ1) is 8.04. The summed E-state index contributed by atoms with van der Waals surface area (Å²) in [6, 6.07) is 5.73. The standard InChI is InChI=1S/C13H18O4/c1-4-16-12-6-5-11(7-9(12)2)10(3)17-8-13(14)15/h5-7,10H,4,8H2,1-3H3,(H,14,15). The van der Waals surface area contributed by atoms with Crippen LogP contribution in [0.1, 0.15) is 31.1 Å². The van der Waals surface area contributed by atoms with Crippen LogP contribution in [0.2, 0.25) is 0 Å². The summed E-state index contributed by atoms with van der Waals surface area (Å²) in [5.41, 5.74) is 1.97. The summed E-state index contributed by atoms with van der Waals surface area (Å²) in [7, 11) is 0. The third kappa shape index (κ3) is 4.07. The largest absolute Gasteiger partial charge is 0.494 e. The van der Waals surface area contributed by atoms with Crippen LogP contribution >= 0.6 is 0 Å². The Morgan fingerprint density at radius 2 is 2.18 bits per heavy atom. The zero-order chi connectivity index (χ0) is 12.8. The SMILES string of the molecule is CCOc1ccc(C(C)OCC(=O)O)cc1C. The van der Waals surface area contributed by atoms with Crippen LogP contribution in [0.4, 0.5) is 0 Å². The molecule has 0 radical (unpaired) electrons. The molecule has 0 spiro atoms. The van der Waals surface area contributed by atoms with Gasteiger partial charge in [-0.2, -0.15) is 0 Å². The molecule has 1 atom stereocenters. The van der Waals surface area contributed by atoms with Gasteiger partial charge in [0.05, 0.1) is 12.7 Å². The predicted octanol–water partition coefficient (Wildman–Crippen LogP) is 2.56. The number of rotatable bonds is 6. The molecule has 0 heterocycles. The molecule has 17 heavy (non-hydrogen) atoms. The monoisotopic (exact) mass is 238 g/mol. The molecular weight excluding hydrogens is 220 g/mol. The summed E-state index contributed by atoms with van der Waals surface area (Å²) >= 11 is 0. The van der Waals surface area contributed by atoms with E-state index in [1.54, 1.807) is 0 Å². The van der Waals surface area contributed by atoms with Gasteiger partial charge < -0.3 is 14.6 Å². The lowest BCUT2D eigenvalue weighted by Crippen LogP contribution is -2.10. The van der Waals surface area contributed by atoms with Crippen LogP contribution in [-0.2, 0) is 9.53 Å². The van der Waals surface area contributed by atoms with E-state index in [4.69, 9.17) is 14.6 Å². The van der Waals surface area contributed by atoms with Gasteiger partial charge in [-0.05, 0) is 44.0 Å². The summed E-state index contributed by atoms with van der Waals surface area (Å²) in [6.45, 7) is 6.07. The smallest absolute Gasteiger partial charge is 0.329 e. The molecule has 0 saturated heterocycles. The van der Waals surface area contributed by atoms with Crippen LogP contribution in [-0.4, -0.2) is 24.3 Å². The van der Waals surface area contributed by atoms with Crippen LogP contribution in [0.3, 0.4) is 0 Å². The first-order valence-corrected chi connectivity index (χ1v) is 5.61. The average molecular weight is 238 g/mol. The lowest BCUT2D eigenvalue weighted by molar-refractivity contribution is -0.144. The van der Waals surface area contributed by atoms with Gasteiger partial charge in [-0.25, -0.2) is 4.79 Å². The van der Waals surface area contributed by atoms with E-state index in [2.05, 4.69) is 0 Å². The van der Waals surface area contributed by atoms with Crippen LogP contribution < -0.4 is 4.74 Å². The predicted molar refractivity (Wildman–Crippen MR) is 64.4 cm³/mol. The van der Waals surface area contributed by atoms with Gasteiger partial charge in [-0.1, -0.05) is 6.07 Å². The minimum absolute atomic E-state index is 0.236. The normalized spacial score (nSPS) is 12.2.